The third-order valence-electron chi connectivity index (χ3n) is 5.82. The van der Waals surface area contributed by atoms with Gasteiger partial charge in [-0.15, -0.1) is 0 Å². The standard InChI is InChI=1S/C25H25ClN4O4S/c1-16-13-23(17(2)12-19(16)26)35(33,34)30-21-8-4-3-7-20(21)29-25(32)22(30)14-24(31)28-11-9-18-6-5-10-27-15-18/h3-8,10,12-13,15,22H,9,11,14H2,1-2H3,(H,28,31)(H,29,32). The van der Waals surface area contributed by atoms with E-state index in [0.29, 0.717) is 40.5 Å². The van der Waals surface area contributed by atoms with Crippen LogP contribution in [0.2, 0.25) is 5.02 Å². The maximum atomic E-state index is 13.9. The molecule has 35 heavy (non-hydrogen) atoms. The van der Waals surface area contributed by atoms with Crippen molar-refractivity contribution in [1.82, 2.24) is 10.3 Å². The third kappa shape index (κ3) is 5.16. The van der Waals surface area contributed by atoms with Crippen LogP contribution in [0, 0.1) is 13.8 Å². The van der Waals surface area contributed by atoms with Crippen molar-refractivity contribution in [1.29, 1.82) is 0 Å². The number of halogens is 1. The fourth-order valence-corrected chi connectivity index (χ4v) is 6.16. The van der Waals surface area contributed by atoms with Gasteiger partial charge in [-0.25, -0.2) is 8.42 Å². The molecule has 2 N–H and O–H groups in total. The van der Waals surface area contributed by atoms with Gasteiger partial charge < -0.3 is 10.6 Å². The molecule has 0 aliphatic carbocycles. The number of hydrogen-bond donors (Lipinski definition) is 2. The molecule has 1 aromatic heterocycles. The van der Waals surface area contributed by atoms with Gasteiger partial charge in [0.05, 0.1) is 22.7 Å². The van der Waals surface area contributed by atoms with Gasteiger partial charge in [0, 0.05) is 24.0 Å². The van der Waals surface area contributed by atoms with Crippen molar-refractivity contribution in [3.05, 3.63) is 82.6 Å². The summed E-state index contributed by atoms with van der Waals surface area (Å²) in [6.07, 6.45) is 3.60. The summed E-state index contributed by atoms with van der Waals surface area (Å²) in [7, 11) is -4.21. The van der Waals surface area contributed by atoms with Crippen molar-refractivity contribution in [3.63, 3.8) is 0 Å². The minimum absolute atomic E-state index is 0.0332. The molecule has 1 aliphatic rings. The van der Waals surface area contributed by atoms with Gasteiger partial charge in [0.2, 0.25) is 11.8 Å². The third-order valence-corrected chi connectivity index (χ3v) is 8.19. The molecule has 1 aliphatic heterocycles. The number of nitrogens with one attached hydrogen (secondary N) is 2. The van der Waals surface area contributed by atoms with E-state index in [1.54, 1.807) is 56.6 Å². The molecule has 3 aromatic rings. The van der Waals surface area contributed by atoms with Crippen molar-refractivity contribution in [2.75, 3.05) is 16.2 Å². The number of carbonyl (C=O) groups excluding carboxylic acids is 2. The molecule has 10 heteroatoms. The molecule has 0 radical (unpaired) electrons. The molecular weight excluding hydrogens is 488 g/mol. The maximum absolute atomic E-state index is 13.9. The zero-order valence-corrected chi connectivity index (χ0v) is 20.9. The monoisotopic (exact) mass is 512 g/mol. The summed E-state index contributed by atoms with van der Waals surface area (Å²) in [5, 5.41) is 5.96. The smallest absolute Gasteiger partial charge is 0.265 e. The first-order chi connectivity index (χ1) is 16.7. The summed E-state index contributed by atoms with van der Waals surface area (Å²) < 4.78 is 28.9. The molecule has 0 bridgehead atoms. The first-order valence-corrected chi connectivity index (χ1v) is 12.9. The number of nitrogens with zero attached hydrogens (tertiary/aromatic N) is 2. The molecule has 0 spiro atoms. The number of pyridine rings is 1. The summed E-state index contributed by atoms with van der Waals surface area (Å²) in [6.45, 7) is 3.69. The van der Waals surface area contributed by atoms with Crippen molar-refractivity contribution < 1.29 is 18.0 Å². The Hall–Kier alpha value is -3.43. The Morgan fingerprint density at radius 3 is 2.66 bits per heavy atom. The number of carbonyl (C=O) groups is 2. The normalized spacial score (nSPS) is 15.3. The number of hydrogen-bond acceptors (Lipinski definition) is 5. The molecule has 1 unspecified atom stereocenters. The van der Waals surface area contributed by atoms with E-state index < -0.39 is 27.9 Å². The maximum Gasteiger partial charge on any atom is 0.265 e. The molecule has 2 heterocycles. The van der Waals surface area contributed by atoms with Crippen LogP contribution < -0.4 is 14.9 Å². The van der Waals surface area contributed by atoms with Crippen molar-refractivity contribution in [3.8, 4) is 0 Å². The van der Waals surface area contributed by atoms with Crippen LogP contribution in [0.5, 0.6) is 0 Å². The lowest BCUT2D eigenvalue weighted by atomic mass is 10.1. The van der Waals surface area contributed by atoms with Crippen LogP contribution in [0.15, 0.2) is 65.8 Å². The highest BCUT2D eigenvalue weighted by Crippen LogP contribution is 2.38. The predicted octanol–water partition coefficient (Wildman–Crippen LogP) is 3.62. The Balaban J connectivity index is 1.65. The molecule has 2 amide bonds. The highest BCUT2D eigenvalue weighted by Gasteiger charge is 2.42. The molecular formula is C25H25ClN4O4S. The minimum Gasteiger partial charge on any atom is -0.356 e. The van der Waals surface area contributed by atoms with Crippen LogP contribution >= 0.6 is 11.6 Å². The molecule has 4 rings (SSSR count). The van der Waals surface area contributed by atoms with Gasteiger partial charge in [-0.1, -0.05) is 29.8 Å². The van der Waals surface area contributed by atoms with Crippen molar-refractivity contribution in [2.45, 2.75) is 37.6 Å². The quantitative estimate of drug-likeness (QED) is 0.502. The number of aromatic nitrogens is 1. The van der Waals surface area contributed by atoms with E-state index in [1.807, 2.05) is 12.1 Å². The molecule has 182 valence electrons. The van der Waals surface area contributed by atoms with E-state index in [-0.39, 0.29) is 11.3 Å². The molecule has 0 saturated carbocycles. The van der Waals surface area contributed by atoms with Crippen LogP contribution in [0.3, 0.4) is 0 Å². The van der Waals surface area contributed by atoms with Gasteiger partial charge in [0.1, 0.15) is 6.04 Å². The average Bonchev–Trinajstić information content (AvgIpc) is 2.82. The molecule has 0 saturated heterocycles. The number of para-hydroxylation sites is 2. The van der Waals surface area contributed by atoms with E-state index in [0.717, 1.165) is 9.87 Å². The fraction of sp³-hybridized carbons (Fsp3) is 0.240. The number of benzene rings is 2. The van der Waals surface area contributed by atoms with E-state index in [1.165, 1.54) is 6.07 Å². The lowest BCUT2D eigenvalue weighted by Gasteiger charge is -2.37. The lowest BCUT2D eigenvalue weighted by Crippen LogP contribution is -2.53. The summed E-state index contributed by atoms with van der Waals surface area (Å²) in [6, 6.07) is 12.1. The van der Waals surface area contributed by atoms with Crippen LogP contribution in [0.1, 0.15) is 23.1 Å². The van der Waals surface area contributed by atoms with Crippen LogP contribution in [0.25, 0.3) is 0 Å². The highest BCUT2D eigenvalue weighted by atomic mass is 35.5. The number of anilines is 2. The van der Waals surface area contributed by atoms with Crippen molar-refractivity contribution in [2.24, 2.45) is 0 Å². The van der Waals surface area contributed by atoms with Crippen LogP contribution in [-0.4, -0.2) is 37.8 Å². The summed E-state index contributed by atoms with van der Waals surface area (Å²) in [4.78, 5) is 29.9. The Labute approximate surface area is 209 Å². The van der Waals surface area contributed by atoms with E-state index in [9.17, 15) is 18.0 Å². The summed E-state index contributed by atoms with van der Waals surface area (Å²) in [5.41, 5.74) is 2.65. The SMILES string of the molecule is Cc1cc(S(=O)(=O)N2c3ccccc3NC(=O)C2CC(=O)NCCc2cccnc2)c(C)cc1Cl. The second kappa shape index (κ2) is 10.1. The Morgan fingerprint density at radius 1 is 1.14 bits per heavy atom. The fourth-order valence-electron chi connectivity index (χ4n) is 4.01. The van der Waals surface area contributed by atoms with E-state index in [4.69, 9.17) is 11.6 Å². The summed E-state index contributed by atoms with van der Waals surface area (Å²) in [5.74, 6) is -1.00. The average molecular weight is 513 g/mol. The predicted molar refractivity (Wildman–Crippen MR) is 135 cm³/mol. The van der Waals surface area contributed by atoms with Gasteiger partial charge in [-0.3, -0.25) is 18.9 Å². The zero-order chi connectivity index (χ0) is 25.2. The first-order valence-electron chi connectivity index (χ1n) is 11.0. The molecule has 2 aromatic carbocycles. The van der Waals surface area contributed by atoms with Gasteiger partial charge in [-0.05, 0) is 67.3 Å². The van der Waals surface area contributed by atoms with Crippen LogP contribution in [-0.2, 0) is 26.0 Å². The van der Waals surface area contributed by atoms with E-state index >= 15 is 0 Å². The minimum atomic E-state index is -4.21. The van der Waals surface area contributed by atoms with Gasteiger partial charge in [0.25, 0.3) is 10.0 Å². The second-order valence-electron chi connectivity index (χ2n) is 8.36. The van der Waals surface area contributed by atoms with Gasteiger partial charge in [0.15, 0.2) is 0 Å². The zero-order valence-electron chi connectivity index (χ0n) is 19.3. The van der Waals surface area contributed by atoms with Gasteiger partial charge in [-0.2, -0.15) is 0 Å². The molecule has 8 nitrogen and oxygen atoms in total. The van der Waals surface area contributed by atoms with Crippen molar-refractivity contribution >= 4 is 44.8 Å². The number of rotatable bonds is 7. The highest BCUT2D eigenvalue weighted by molar-refractivity contribution is 7.93. The van der Waals surface area contributed by atoms with Gasteiger partial charge >= 0.3 is 0 Å². The Bertz CT molecular complexity index is 1380. The number of sulfonamides is 1. The number of fused-ring (bicyclic) bond motifs is 1. The summed E-state index contributed by atoms with van der Waals surface area (Å²) >= 11 is 6.19. The first kappa shape index (κ1) is 24.7. The number of amides is 2. The molecule has 1 atom stereocenters. The number of aryl methyl sites for hydroxylation is 2. The Kier molecular flexibility index (Phi) is 7.09. The largest absolute Gasteiger partial charge is 0.356 e. The van der Waals surface area contributed by atoms with Crippen LogP contribution in [0.4, 0.5) is 11.4 Å². The lowest BCUT2D eigenvalue weighted by molar-refractivity contribution is -0.125. The Morgan fingerprint density at radius 2 is 1.91 bits per heavy atom. The van der Waals surface area contributed by atoms with E-state index in [2.05, 4.69) is 15.6 Å². The second-order valence-corrected chi connectivity index (χ2v) is 10.5. The molecule has 0 fully saturated rings. The topological polar surface area (TPSA) is 108 Å².